The molecule has 0 bridgehead atoms. The first-order chi connectivity index (χ1) is 3.95. The molecule has 0 amide bonds. The van der Waals surface area contributed by atoms with E-state index in [9.17, 15) is 4.57 Å². The zero-order valence-corrected chi connectivity index (χ0v) is 9.47. The van der Waals surface area contributed by atoms with E-state index in [-0.39, 0.29) is 31.0 Å². The van der Waals surface area contributed by atoms with E-state index in [1.165, 1.54) is 0 Å². The summed E-state index contributed by atoms with van der Waals surface area (Å²) in [6, 6.07) is 0. The Labute approximate surface area is 87.9 Å². The molecule has 0 spiro atoms. The molecule has 58 valence electrons. The van der Waals surface area contributed by atoms with Crippen molar-refractivity contribution >= 4 is 19.4 Å². The van der Waals surface area contributed by atoms with Crippen LogP contribution in [-0.4, -0.2) is 15.3 Å². The van der Waals surface area contributed by atoms with Crippen LogP contribution in [-0.2, 0) is 9.09 Å². The average molecular weight is 199 g/mol. The molecule has 0 radical (unpaired) electrons. The molecular formula is C3H9ClNaO4P. The molecule has 0 aliphatic heterocycles. The summed E-state index contributed by atoms with van der Waals surface area (Å²) in [6.07, 6.45) is 0.368. The van der Waals surface area contributed by atoms with Crippen molar-refractivity contribution in [1.82, 2.24) is 0 Å². The van der Waals surface area contributed by atoms with Crippen molar-refractivity contribution in [2.45, 2.75) is 18.9 Å². The molecule has 0 aromatic heterocycles. The standard InChI is InChI=1S/C3H8ClO4P.Na.H/c1-2-3(4)8-9(5,6)7;;/h3H,2H2,1H3,(H2,5,6,7);;/q;+1;-1. The molecule has 7 heteroatoms. The van der Waals surface area contributed by atoms with Gasteiger partial charge in [-0.25, -0.2) is 4.57 Å². The van der Waals surface area contributed by atoms with Crippen LogP contribution in [0.1, 0.15) is 14.8 Å². The van der Waals surface area contributed by atoms with Crippen molar-refractivity contribution in [3.8, 4) is 0 Å². The molecule has 2 N–H and O–H groups in total. The van der Waals surface area contributed by atoms with Crippen LogP contribution in [0.4, 0.5) is 0 Å². The number of phosphoric acid groups is 1. The fourth-order valence-corrected chi connectivity index (χ4v) is 0.982. The molecule has 1 unspecified atom stereocenters. The minimum atomic E-state index is -4.37. The van der Waals surface area contributed by atoms with Gasteiger partial charge < -0.3 is 11.2 Å². The van der Waals surface area contributed by atoms with E-state index in [2.05, 4.69) is 4.52 Å². The Balaban J connectivity index is -0.000000320. The van der Waals surface area contributed by atoms with E-state index in [1.54, 1.807) is 6.92 Å². The molecule has 0 aromatic rings. The van der Waals surface area contributed by atoms with Crippen molar-refractivity contribution in [1.29, 1.82) is 0 Å². The van der Waals surface area contributed by atoms with Gasteiger partial charge in [-0.05, 0) is 6.42 Å². The van der Waals surface area contributed by atoms with Crippen molar-refractivity contribution in [2.75, 3.05) is 0 Å². The van der Waals surface area contributed by atoms with Crippen LogP contribution in [0.5, 0.6) is 0 Å². The molecule has 0 heterocycles. The number of alkyl halides is 1. The van der Waals surface area contributed by atoms with Gasteiger partial charge in [-0.15, -0.1) is 0 Å². The monoisotopic (exact) mass is 198 g/mol. The molecule has 10 heavy (non-hydrogen) atoms. The van der Waals surface area contributed by atoms with Gasteiger partial charge in [0.25, 0.3) is 0 Å². The maximum absolute atomic E-state index is 9.99. The van der Waals surface area contributed by atoms with Crippen LogP contribution in [0.2, 0.25) is 0 Å². The van der Waals surface area contributed by atoms with Crippen LogP contribution in [0, 0.1) is 0 Å². The van der Waals surface area contributed by atoms with Crippen LogP contribution < -0.4 is 29.6 Å². The molecule has 0 fully saturated rings. The van der Waals surface area contributed by atoms with Gasteiger partial charge in [0.2, 0.25) is 0 Å². The number of rotatable bonds is 3. The van der Waals surface area contributed by atoms with Crippen molar-refractivity contribution in [3.63, 3.8) is 0 Å². The Morgan fingerprint density at radius 2 is 2.20 bits per heavy atom. The van der Waals surface area contributed by atoms with E-state index in [4.69, 9.17) is 21.4 Å². The van der Waals surface area contributed by atoms with Gasteiger partial charge in [-0.2, -0.15) is 0 Å². The summed E-state index contributed by atoms with van der Waals surface area (Å²) in [5, 5.41) is 0. The van der Waals surface area contributed by atoms with Crippen molar-refractivity contribution < 1.29 is 49.9 Å². The molecule has 0 rings (SSSR count). The summed E-state index contributed by atoms with van der Waals surface area (Å²) in [6.45, 7) is 1.66. The average Bonchev–Trinajstić information content (AvgIpc) is 1.62. The Kier molecular flexibility index (Phi) is 8.34. The third kappa shape index (κ3) is 9.40. The first-order valence-corrected chi connectivity index (χ1v) is 4.30. The third-order valence-electron chi connectivity index (χ3n) is 0.573. The van der Waals surface area contributed by atoms with Gasteiger partial charge in [0, 0.05) is 0 Å². The Morgan fingerprint density at radius 3 is 2.30 bits per heavy atom. The largest absolute Gasteiger partial charge is 1.00 e. The quantitative estimate of drug-likeness (QED) is 0.319. The molecule has 0 aliphatic rings. The first-order valence-electron chi connectivity index (χ1n) is 2.33. The van der Waals surface area contributed by atoms with Crippen LogP contribution in [0.15, 0.2) is 0 Å². The summed E-state index contributed by atoms with van der Waals surface area (Å²) >= 11 is 5.24. The van der Waals surface area contributed by atoms with Crippen LogP contribution >= 0.6 is 19.4 Å². The molecule has 0 saturated carbocycles. The molecule has 4 nitrogen and oxygen atoms in total. The zero-order valence-electron chi connectivity index (χ0n) is 6.82. The van der Waals surface area contributed by atoms with Crippen molar-refractivity contribution in [2.24, 2.45) is 0 Å². The Bertz CT molecular complexity index is 131. The van der Waals surface area contributed by atoms with Gasteiger partial charge in [-0.3, -0.25) is 4.52 Å². The Morgan fingerprint density at radius 1 is 1.80 bits per heavy atom. The third-order valence-corrected chi connectivity index (χ3v) is 1.62. The van der Waals surface area contributed by atoms with E-state index in [0.717, 1.165) is 0 Å². The summed E-state index contributed by atoms with van der Waals surface area (Å²) < 4.78 is 14.0. The van der Waals surface area contributed by atoms with Crippen LogP contribution in [0.3, 0.4) is 0 Å². The zero-order chi connectivity index (χ0) is 7.49. The summed E-state index contributed by atoms with van der Waals surface area (Å²) in [5.41, 5.74) is -0.897. The fraction of sp³-hybridized carbons (Fsp3) is 1.00. The molecule has 0 aliphatic carbocycles. The fourth-order valence-electron chi connectivity index (χ4n) is 0.224. The maximum Gasteiger partial charge on any atom is 1.00 e. The summed E-state index contributed by atoms with van der Waals surface area (Å²) in [5.74, 6) is 0. The summed E-state index contributed by atoms with van der Waals surface area (Å²) in [4.78, 5) is 16.2. The first kappa shape index (κ1) is 14.0. The van der Waals surface area contributed by atoms with E-state index in [1.807, 2.05) is 0 Å². The Hall–Kier alpha value is 1.40. The minimum Gasteiger partial charge on any atom is -1.00 e. The number of hydrogen-bond acceptors (Lipinski definition) is 2. The predicted molar refractivity (Wildman–Crippen MR) is 34.2 cm³/mol. The second kappa shape index (κ2) is 5.98. The minimum absolute atomic E-state index is 0. The smallest absolute Gasteiger partial charge is 1.00 e. The number of phosphoric ester groups is 1. The second-order valence-corrected chi connectivity index (χ2v) is 3.09. The normalized spacial score (nSPS) is 14.0. The number of halogens is 1. The SMILES string of the molecule is CCC(Cl)OP(=O)(O)O.[H-].[Na+]. The molecule has 1 atom stereocenters. The van der Waals surface area contributed by atoms with E-state index in [0.29, 0.717) is 6.42 Å². The molecular weight excluding hydrogens is 189 g/mol. The van der Waals surface area contributed by atoms with Gasteiger partial charge in [0.15, 0.2) is 0 Å². The molecule has 0 saturated heterocycles. The van der Waals surface area contributed by atoms with Crippen LogP contribution in [0.25, 0.3) is 0 Å². The van der Waals surface area contributed by atoms with Gasteiger partial charge in [-0.1, -0.05) is 18.5 Å². The van der Waals surface area contributed by atoms with E-state index < -0.39 is 13.4 Å². The molecule has 0 aromatic carbocycles. The van der Waals surface area contributed by atoms with Crippen molar-refractivity contribution in [3.05, 3.63) is 0 Å². The maximum atomic E-state index is 9.99. The topological polar surface area (TPSA) is 66.8 Å². The number of hydrogen-bond donors (Lipinski definition) is 2. The van der Waals surface area contributed by atoms with Gasteiger partial charge in [0.1, 0.15) is 5.56 Å². The second-order valence-electron chi connectivity index (χ2n) is 1.41. The predicted octanol–water partition coefficient (Wildman–Crippen LogP) is -1.81. The van der Waals surface area contributed by atoms with Gasteiger partial charge in [0.05, 0.1) is 0 Å². The van der Waals surface area contributed by atoms with Gasteiger partial charge >= 0.3 is 37.4 Å². The van der Waals surface area contributed by atoms with E-state index >= 15 is 0 Å². The summed E-state index contributed by atoms with van der Waals surface area (Å²) in [7, 11) is -4.37.